The van der Waals surface area contributed by atoms with Crippen molar-refractivity contribution in [3.05, 3.63) is 28.2 Å². The number of ether oxygens (including phenoxy) is 1. The van der Waals surface area contributed by atoms with Crippen LogP contribution in [0.25, 0.3) is 0 Å². The maximum Gasteiger partial charge on any atom is 0.240 e. The van der Waals surface area contributed by atoms with Gasteiger partial charge in [0.25, 0.3) is 0 Å². The highest BCUT2D eigenvalue weighted by atomic mass is 35.5. The van der Waals surface area contributed by atoms with Gasteiger partial charge in [0.1, 0.15) is 6.54 Å². The molecule has 1 N–H and O–H groups in total. The fourth-order valence-corrected chi connectivity index (χ4v) is 2.71. The van der Waals surface area contributed by atoms with Gasteiger partial charge in [-0.2, -0.15) is 0 Å². The van der Waals surface area contributed by atoms with E-state index in [4.69, 9.17) is 27.9 Å². The largest absolute Gasteiger partial charge is 0.379 e. The first-order valence-corrected chi connectivity index (χ1v) is 8.53. The zero-order valence-corrected chi connectivity index (χ0v) is 15.1. The van der Waals surface area contributed by atoms with Crippen molar-refractivity contribution in [3.63, 3.8) is 0 Å². The van der Waals surface area contributed by atoms with Crippen molar-refractivity contribution in [3.8, 4) is 0 Å². The van der Waals surface area contributed by atoms with Crippen molar-refractivity contribution in [1.29, 1.82) is 0 Å². The number of nitrogens with zero attached hydrogens (tertiary/aromatic N) is 2. The summed E-state index contributed by atoms with van der Waals surface area (Å²) in [7, 11) is 0. The van der Waals surface area contributed by atoms with E-state index in [1.165, 1.54) is 11.8 Å². The van der Waals surface area contributed by atoms with Crippen molar-refractivity contribution >= 4 is 40.7 Å². The van der Waals surface area contributed by atoms with Gasteiger partial charge >= 0.3 is 0 Å². The molecule has 24 heavy (non-hydrogen) atoms. The highest BCUT2D eigenvalue weighted by Crippen LogP contribution is 2.27. The average Bonchev–Trinajstić information content (AvgIpc) is 2.56. The summed E-state index contributed by atoms with van der Waals surface area (Å²) in [5, 5.41) is 3.58. The standard InChI is InChI=1S/C16H21Cl2N3O3/c1-12(22)21(13-2-3-14(17)15(18)10-13)11-16(23)19-4-5-20-6-8-24-9-7-20/h2-3,10H,4-9,11H2,1H3,(H,19,23). The summed E-state index contributed by atoms with van der Waals surface area (Å²) in [5.41, 5.74) is 0.542. The lowest BCUT2D eigenvalue weighted by atomic mass is 10.2. The van der Waals surface area contributed by atoms with Crippen molar-refractivity contribution in [1.82, 2.24) is 10.2 Å². The number of nitrogens with one attached hydrogen (secondary N) is 1. The number of hydrogen-bond donors (Lipinski definition) is 1. The third kappa shape index (κ3) is 5.63. The quantitative estimate of drug-likeness (QED) is 0.825. The first-order valence-electron chi connectivity index (χ1n) is 7.77. The molecule has 0 saturated carbocycles. The lowest BCUT2D eigenvalue weighted by Crippen LogP contribution is -2.44. The Bertz CT molecular complexity index is 592. The van der Waals surface area contributed by atoms with E-state index in [2.05, 4.69) is 10.2 Å². The Morgan fingerprint density at radius 2 is 1.96 bits per heavy atom. The molecule has 1 heterocycles. The van der Waals surface area contributed by atoms with Crippen LogP contribution in [0.5, 0.6) is 0 Å². The van der Waals surface area contributed by atoms with E-state index in [1.807, 2.05) is 0 Å². The van der Waals surface area contributed by atoms with Gasteiger partial charge in [-0.1, -0.05) is 23.2 Å². The molecule has 1 aromatic rings. The second kappa shape index (κ2) is 9.22. The van der Waals surface area contributed by atoms with Crippen LogP contribution in [0.1, 0.15) is 6.92 Å². The first-order chi connectivity index (χ1) is 11.5. The molecule has 0 aliphatic carbocycles. The van der Waals surface area contributed by atoms with E-state index in [9.17, 15) is 9.59 Å². The zero-order chi connectivity index (χ0) is 17.5. The van der Waals surface area contributed by atoms with E-state index in [0.717, 1.165) is 32.8 Å². The molecule has 2 amide bonds. The zero-order valence-electron chi connectivity index (χ0n) is 13.6. The number of benzene rings is 1. The fourth-order valence-electron chi connectivity index (χ4n) is 2.42. The number of carbonyl (C=O) groups is 2. The molecule has 1 fully saturated rings. The van der Waals surface area contributed by atoms with Gasteiger partial charge in [0.05, 0.1) is 23.3 Å². The fraction of sp³-hybridized carbons (Fsp3) is 0.500. The average molecular weight is 374 g/mol. The molecule has 0 spiro atoms. The Hall–Kier alpha value is -1.34. The van der Waals surface area contributed by atoms with Gasteiger partial charge in [0.15, 0.2) is 0 Å². The predicted molar refractivity (Wildman–Crippen MR) is 94.8 cm³/mol. The summed E-state index contributed by atoms with van der Waals surface area (Å²) in [6.45, 7) is 5.85. The third-order valence-corrected chi connectivity index (χ3v) is 4.49. The Labute approximate surface area is 151 Å². The molecule has 1 aliphatic rings. The van der Waals surface area contributed by atoms with Crippen LogP contribution in [0, 0.1) is 0 Å². The van der Waals surface area contributed by atoms with Crippen LogP contribution in [0.3, 0.4) is 0 Å². The van der Waals surface area contributed by atoms with Crippen molar-refractivity contribution in [2.24, 2.45) is 0 Å². The van der Waals surface area contributed by atoms with Crippen LogP contribution in [0.2, 0.25) is 10.0 Å². The minimum absolute atomic E-state index is 0.0591. The van der Waals surface area contributed by atoms with Gasteiger partial charge in [-0.3, -0.25) is 14.5 Å². The van der Waals surface area contributed by atoms with Crippen LogP contribution >= 0.6 is 23.2 Å². The van der Waals surface area contributed by atoms with Gasteiger partial charge < -0.3 is 15.0 Å². The Balaban J connectivity index is 1.86. The molecule has 8 heteroatoms. The van der Waals surface area contributed by atoms with Crippen LogP contribution in [-0.4, -0.2) is 62.7 Å². The monoisotopic (exact) mass is 373 g/mol. The van der Waals surface area contributed by atoms with Gasteiger partial charge in [-0.15, -0.1) is 0 Å². The van der Waals surface area contributed by atoms with Crippen LogP contribution in [0.15, 0.2) is 18.2 Å². The molecule has 1 aromatic carbocycles. The highest BCUT2D eigenvalue weighted by molar-refractivity contribution is 6.42. The van der Waals surface area contributed by atoms with E-state index < -0.39 is 0 Å². The number of rotatable bonds is 6. The minimum Gasteiger partial charge on any atom is -0.379 e. The van der Waals surface area contributed by atoms with E-state index in [-0.39, 0.29) is 18.4 Å². The lowest BCUT2D eigenvalue weighted by molar-refractivity contribution is -0.123. The molecule has 0 radical (unpaired) electrons. The maximum atomic E-state index is 12.1. The summed E-state index contributed by atoms with van der Waals surface area (Å²) >= 11 is 11.9. The van der Waals surface area contributed by atoms with Gasteiger partial charge in [0, 0.05) is 38.8 Å². The summed E-state index contributed by atoms with van der Waals surface area (Å²) in [4.78, 5) is 27.6. The molecular weight excluding hydrogens is 353 g/mol. The SMILES string of the molecule is CC(=O)N(CC(=O)NCCN1CCOCC1)c1ccc(Cl)c(Cl)c1. The molecule has 0 unspecified atom stereocenters. The minimum atomic E-state index is -0.239. The molecular formula is C16H21Cl2N3O3. The number of anilines is 1. The molecule has 1 aliphatic heterocycles. The van der Waals surface area contributed by atoms with Gasteiger partial charge in [-0.25, -0.2) is 0 Å². The Morgan fingerprint density at radius 1 is 1.25 bits per heavy atom. The van der Waals surface area contributed by atoms with E-state index in [0.29, 0.717) is 22.3 Å². The van der Waals surface area contributed by atoms with Crippen molar-refractivity contribution in [2.75, 3.05) is 50.8 Å². The van der Waals surface area contributed by atoms with Crippen LogP contribution in [-0.2, 0) is 14.3 Å². The molecule has 0 atom stereocenters. The van der Waals surface area contributed by atoms with Crippen LogP contribution in [0.4, 0.5) is 5.69 Å². The van der Waals surface area contributed by atoms with Gasteiger partial charge in [-0.05, 0) is 18.2 Å². The van der Waals surface area contributed by atoms with Gasteiger partial charge in [0.2, 0.25) is 11.8 Å². The highest BCUT2D eigenvalue weighted by Gasteiger charge is 2.17. The van der Waals surface area contributed by atoms with Crippen molar-refractivity contribution in [2.45, 2.75) is 6.92 Å². The van der Waals surface area contributed by atoms with E-state index >= 15 is 0 Å². The molecule has 0 aromatic heterocycles. The van der Waals surface area contributed by atoms with Crippen LogP contribution < -0.4 is 10.2 Å². The summed E-state index contributed by atoms with van der Waals surface area (Å²) in [6.07, 6.45) is 0. The molecule has 1 saturated heterocycles. The second-order valence-corrected chi connectivity index (χ2v) is 6.32. The normalized spacial score (nSPS) is 15.1. The second-order valence-electron chi connectivity index (χ2n) is 5.51. The molecule has 0 bridgehead atoms. The predicted octanol–water partition coefficient (Wildman–Crippen LogP) is 1.79. The topological polar surface area (TPSA) is 61.9 Å². The molecule has 2 rings (SSSR count). The number of halogens is 2. The third-order valence-electron chi connectivity index (χ3n) is 3.75. The summed E-state index contributed by atoms with van der Waals surface area (Å²) in [6, 6.07) is 4.84. The number of amides is 2. The molecule has 132 valence electrons. The lowest BCUT2D eigenvalue weighted by Gasteiger charge is -2.26. The summed E-state index contributed by atoms with van der Waals surface area (Å²) < 4.78 is 5.28. The Morgan fingerprint density at radius 3 is 2.58 bits per heavy atom. The smallest absolute Gasteiger partial charge is 0.240 e. The molecule has 6 nitrogen and oxygen atoms in total. The maximum absolute atomic E-state index is 12.1. The first kappa shape index (κ1) is 19.0. The number of carbonyl (C=O) groups excluding carboxylic acids is 2. The Kier molecular flexibility index (Phi) is 7.30. The van der Waals surface area contributed by atoms with E-state index in [1.54, 1.807) is 18.2 Å². The summed E-state index contributed by atoms with van der Waals surface area (Å²) in [5.74, 6) is -0.457. The number of morpholine rings is 1. The number of hydrogen-bond acceptors (Lipinski definition) is 4. The van der Waals surface area contributed by atoms with Crippen molar-refractivity contribution < 1.29 is 14.3 Å².